The van der Waals surface area contributed by atoms with Gasteiger partial charge in [-0.2, -0.15) is 0 Å². The molecule has 0 N–H and O–H groups in total. The van der Waals surface area contributed by atoms with Gasteiger partial charge in [-0.1, -0.05) is 35.9 Å². The highest BCUT2D eigenvalue weighted by Crippen LogP contribution is 2.30. The molecule has 86 valence electrons. The van der Waals surface area contributed by atoms with Crippen LogP contribution in [0.1, 0.15) is 15.9 Å². The molecule has 0 spiro atoms. The van der Waals surface area contributed by atoms with Gasteiger partial charge in [0.1, 0.15) is 12.0 Å². The Bertz CT molecular complexity index is 527. The number of carbonyl (C=O) groups excluding carboxylic acids is 1. The third-order valence-corrected chi connectivity index (χ3v) is 2.71. The molecule has 0 aliphatic carbocycles. The summed E-state index contributed by atoms with van der Waals surface area (Å²) in [5.74, 6) is 0.842. The molecule has 0 bridgehead atoms. The summed E-state index contributed by atoms with van der Waals surface area (Å²) >= 11 is 0. The molecule has 17 heavy (non-hydrogen) atoms. The van der Waals surface area contributed by atoms with Crippen molar-refractivity contribution in [2.75, 3.05) is 7.11 Å². The number of rotatable bonds is 3. The van der Waals surface area contributed by atoms with Crippen LogP contribution in [0.4, 0.5) is 0 Å². The molecular weight excluding hydrogens is 212 g/mol. The van der Waals surface area contributed by atoms with Gasteiger partial charge in [0.25, 0.3) is 0 Å². The first-order valence-electron chi connectivity index (χ1n) is 5.45. The van der Waals surface area contributed by atoms with Crippen molar-refractivity contribution in [3.63, 3.8) is 0 Å². The van der Waals surface area contributed by atoms with Gasteiger partial charge in [0.2, 0.25) is 0 Å². The van der Waals surface area contributed by atoms with Gasteiger partial charge in [0.15, 0.2) is 0 Å². The molecule has 0 aromatic heterocycles. The molecular formula is C15H14O2. The van der Waals surface area contributed by atoms with Crippen molar-refractivity contribution in [3.05, 3.63) is 53.6 Å². The maximum absolute atomic E-state index is 10.6. The average Bonchev–Trinajstić information content (AvgIpc) is 2.39. The third-order valence-electron chi connectivity index (χ3n) is 2.71. The fourth-order valence-electron chi connectivity index (χ4n) is 1.79. The van der Waals surface area contributed by atoms with Crippen LogP contribution in [0.5, 0.6) is 5.75 Å². The lowest BCUT2D eigenvalue weighted by Crippen LogP contribution is -1.89. The summed E-state index contributed by atoms with van der Waals surface area (Å²) in [6.07, 6.45) is 0.844. The van der Waals surface area contributed by atoms with E-state index in [4.69, 9.17) is 4.74 Å². The highest BCUT2D eigenvalue weighted by atomic mass is 16.5. The molecule has 2 aromatic carbocycles. The van der Waals surface area contributed by atoms with E-state index in [-0.39, 0.29) is 0 Å². The molecule has 0 fully saturated rings. The molecule has 0 aliphatic rings. The summed E-state index contributed by atoms with van der Waals surface area (Å²) in [7, 11) is 1.66. The predicted octanol–water partition coefficient (Wildman–Crippen LogP) is 3.48. The third kappa shape index (κ3) is 2.36. The van der Waals surface area contributed by atoms with E-state index < -0.39 is 0 Å². The van der Waals surface area contributed by atoms with Crippen LogP contribution in [0, 0.1) is 6.92 Å². The Morgan fingerprint density at radius 2 is 1.76 bits per heavy atom. The van der Waals surface area contributed by atoms with Crippen molar-refractivity contribution in [1.29, 1.82) is 0 Å². The van der Waals surface area contributed by atoms with Gasteiger partial charge in [0, 0.05) is 11.1 Å². The van der Waals surface area contributed by atoms with Crippen LogP contribution >= 0.6 is 0 Å². The van der Waals surface area contributed by atoms with E-state index in [0.717, 1.165) is 23.2 Å². The summed E-state index contributed by atoms with van der Waals surface area (Å²) < 4.78 is 5.34. The number of methoxy groups -OCH3 is 1. The zero-order valence-corrected chi connectivity index (χ0v) is 9.94. The standard InChI is InChI=1S/C15H14O2/c1-11-3-8-15(17-2)14(9-11)13-6-4-12(10-16)5-7-13/h3-10H,1-2H3. The monoisotopic (exact) mass is 226 g/mol. The molecule has 2 rings (SSSR count). The van der Waals surface area contributed by atoms with E-state index >= 15 is 0 Å². The largest absolute Gasteiger partial charge is 0.496 e. The second kappa shape index (κ2) is 4.83. The molecule has 0 saturated carbocycles. The van der Waals surface area contributed by atoms with Gasteiger partial charge < -0.3 is 4.74 Å². The molecule has 0 radical (unpaired) electrons. The molecule has 2 heteroatoms. The van der Waals surface area contributed by atoms with Gasteiger partial charge in [-0.05, 0) is 24.6 Å². The second-order valence-corrected chi connectivity index (χ2v) is 3.94. The first-order valence-corrected chi connectivity index (χ1v) is 5.45. The maximum Gasteiger partial charge on any atom is 0.150 e. The highest BCUT2D eigenvalue weighted by molar-refractivity contribution is 5.78. The van der Waals surface area contributed by atoms with Crippen LogP contribution in [-0.2, 0) is 0 Å². The van der Waals surface area contributed by atoms with Crippen molar-refractivity contribution in [3.8, 4) is 16.9 Å². The Hall–Kier alpha value is -2.09. The van der Waals surface area contributed by atoms with E-state index in [1.54, 1.807) is 7.11 Å². The van der Waals surface area contributed by atoms with Crippen LogP contribution < -0.4 is 4.74 Å². The van der Waals surface area contributed by atoms with E-state index in [2.05, 4.69) is 6.07 Å². The molecule has 0 heterocycles. The van der Waals surface area contributed by atoms with Crippen molar-refractivity contribution in [1.82, 2.24) is 0 Å². The van der Waals surface area contributed by atoms with Crippen molar-refractivity contribution in [2.45, 2.75) is 6.92 Å². The van der Waals surface area contributed by atoms with Crippen molar-refractivity contribution >= 4 is 6.29 Å². The number of aryl methyl sites for hydroxylation is 1. The number of hydrogen-bond acceptors (Lipinski definition) is 2. The lowest BCUT2D eigenvalue weighted by molar-refractivity contribution is 0.112. The zero-order chi connectivity index (χ0) is 12.3. The van der Waals surface area contributed by atoms with E-state index in [1.165, 1.54) is 5.56 Å². The smallest absolute Gasteiger partial charge is 0.150 e. The molecule has 2 aromatic rings. The topological polar surface area (TPSA) is 26.3 Å². The fourth-order valence-corrected chi connectivity index (χ4v) is 1.79. The van der Waals surface area contributed by atoms with Crippen LogP contribution in [0.3, 0.4) is 0 Å². The molecule has 0 aliphatic heterocycles. The lowest BCUT2D eigenvalue weighted by Gasteiger charge is -2.09. The average molecular weight is 226 g/mol. The summed E-state index contributed by atoms with van der Waals surface area (Å²) in [5.41, 5.74) is 3.96. The van der Waals surface area contributed by atoms with Crippen LogP contribution in [0.25, 0.3) is 11.1 Å². The number of carbonyl (C=O) groups is 1. The van der Waals surface area contributed by atoms with Crippen molar-refractivity contribution < 1.29 is 9.53 Å². The first kappa shape index (κ1) is 11.4. The van der Waals surface area contributed by atoms with Gasteiger partial charge in [0.05, 0.1) is 7.11 Å². The number of hydrogen-bond donors (Lipinski definition) is 0. The minimum atomic E-state index is 0.681. The highest BCUT2D eigenvalue weighted by Gasteiger charge is 2.05. The molecule has 0 amide bonds. The maximum atomic E-state index is 10.6. The van der Waals surface area contributed by atoms with Crippen LogP contribution in [-0.4, -0.2) is 13.4 Å². The van der Waals surface area contributed by atoms with Gasteiger partial charge in [-0.3, -0.25) is 4.79 Å². The normalized spacial score (nSPS) is 10.0. The van der Waals surface area contributed by atoms with E-state index in [1.807, 2.05) is 43.3 Å². The zero-order valence-electron chi connectivity index (χ0n) is 9.94. The quantitative estimate of drug-likeness (QED) is 0.749. The Kier molecular flexibility index (Phi) is 3.24. The Morgan fingerprint density at radius 3 is 2.35 bits per heavy atom. The SMILES string of the molecule is COc1ccc(C)cc1-c1ccc(C=O)cc1. The van der Waals surface area contributed by atoms with Gasteiger partial charge in [-0.15, -0.1) is 0 Å². The Balaban J connectivity index is 2.50. The number of benzene rings is 2. The second-order valence-electron chi connectivity index (χ2n) is 3.94. The summed E-state index contributed by atoms with van der Waals surface area (Å²) in [5, 5.41) is 0. The fraction of sp³-hybridized carbons (Fsp3) is 0.133. The summed E-state index contributed by atoms with van der Waals surface area (Å²) in [6, 6.07) is 13.5. The van der Waals surface area contributed by atoms with E-state index in [9.17, 15) is 4.79 Å². The Labute approximate surface area is 101 Å². The van der Waals surface area contributed by atoms with Crippen molar-refractivity contribution in [2.24, 2.45) is 0 Å². The lowest BCUT2D eigenvalue weighted by atomic mass is 10.0. The number of aldehydes is 1. The minimum absolute atomic E-state index is 0.681. The number of ether oxygens (including phenoxy) is 1. The molecule has 0 unspecified atom stereocenters. The predicted molar refractivity (Wildman–Crippen MR) is 68.6 cm³/mol. The van der Waals surface area contributed by atoms with Crippen LogP contribution in [0.2, 0.25) is 0 Å². The molecule has 0 saturated heterocycles. The van der Waals surface area contributed by atoms with Crippen LogP contribution in [0.15, 0.2) is 42.5 Å². The molecule has 2 nitrogen and oxygen atoms in total. The van der Waals surface area contributed by atoms with Gasteiger partial charge in [-0.25, -0.2) is 0 Å². The Morgan fingerprint density at radius 1 is 1.06 bits per heavy atom. The summed E-state index contributed by atoms with van der Waals surface area (Å²) in [6.45, 7) is 2.04. The van der Waals surface area contributed by atoms with Gasteiger partial charge >= 0.3 is 0 Å². The minimum Gasteiger partial charge on any atom is -0.496 e. The first-order chi connectivity index (χ1) is 8.24. The molecule has 0 atom stereocenters. The summed E-state index contributed by atoms with van der Waals surface area (Å²) in [4.78, 5) is 10.6. The van der Waals surface area contributed by atoms with E-state index in [0.29, 0.717) is 5.56 Å².